The molecule has 100 valence electrons. The van der Waals surface area contributed by atoms with Crippen LogP contribution in [0.25, 0.3) is 0 Å². The van der Waals surface area contributed by atoms with Crippen LogP contribution in [0.1, 0.15) is 44.2 Å². The zero-order valence-corrected chi connectivity index (χ0v) is 10.6. The minimum Gasteiger partial charge on any atom is -0.326 e. The lowest BCUT2D eigenvalue weighted by atomic mass is 9.99. The highest BCUT2D eigenvalue weighted by molar-refractivity contribution is 5.90. The van der Waals surface area contributed by atoms with Crippen molar-refractivity contribution < 1.29 is 18.0 Å². The first-order valence-electron chi connectivity index (χ1n) is 5.76. The first-order chi connectivity index (χ1) is 8.24. The van der Waals surface area contributed by atoms with Crippen molar-refractivity contribution in [3.05, 3.63) is 29.3 Å². The van der Waals surface area contributed by atoms with E-state index in [4.69, 9.17) is 0 Å². The number of benzene rings is 1. The molecular formula is C13H16F3NO. The van der Waals surface area contributed by atoms with Gasteiger partial charge in [0, 0.05) is 12.1 Å². The van der Waals surface area contributed by atoms with E-state index in [-0.39, 0.29) is 23.9 Å². The lowest BCUT2D eigenvalue weighted by Gasteiger charge is -2.14. The molecule has 0 spiro atoms. The van der Waals surface area contributed by atoms with Gasteiger partial charge >= 0.3 is 6.18 Å². The molecule has 0 aliphatic heterocycles. The summed E-state index contributed by atoms with van der Waals surface area (Å²) in [6.45, 7) is 5.26. The quantitative estimate of drug-likeness (QED) is 0.866. The van der Waals surface area contributed by atoms with Crippen LogP contribution in [0.3, 0.4) is 0 Å². The van der Waals surface area contributed by atoms with Crippen molar-refractivity contribution in [1.29, 1.82) is 0 Å². The fraction of sp³-hybridized carbons (Fsp3) is 0.462. The normalized spacial score (nSPS) is 11.7. The van der Waals surface area contributed by atoms with Crippen LogP contribution < -0.4 is 5.32 Å². The molecule has 0 aliphatic rings. The summed E-state index contributed by atoms with van der Waals surface area (Å²) in [5.74, 6) is -0.339. The van der Waals surface area contributed by atoms with Crippen LogP contribution in [0.2, 0.25) is 0 Å². The highest BCUT2D eigenvalue weighted by Gasteiger charge is 2.31. The van der Waals surface area contributed by atoms with Gasteiger partial charge in [-0.1, -0.05) is 20.8 Å². The van der Waals surface area contributed by atoms with Gasteiger partial charge in [-0.05, 0) is 29.7 Å². The summed E-state index contributed by atoms with van der Waals surface area (Å²) in [6, 6.07) is 3.65. The number of carbonyl (C=O) groups is 1. The molecule has 1 rings (SSSR count). The maximum absolute atomic E-state index is 12.7. The van der Waals surface area contributed by atoms with Gasteiger partial charge in [0.2, 0.25) is 5.91 Å². The van der Waals surface area contributed by atoms with Gasteiger partial charge in [0.1, 0.15) is 0 Å². The van der Waals surface area contributed by atoms with Gasteiger partial charge in [0.15, 0.2) is 0 Å². The van der Waals surface area contributed by atoms with Crippen LogP contribution in [0, 0.1) is 0 Å². The lowest BCUT2D eigenvalue weighted by Crippen LogP contribution is -2.12. The molecule has 0 radical (unpaired) electrons. The number of rotatable bonds is 3. The molecule has 1 aromatic carbocycles. The van der Waals surface area contributed by atoms with Gasteiger partial charge in [-0.3, -0.25) is 4.79 Å². The summed E-state index contributed by atoms with van der Waals surface area (Å²) < 4.78 is 38.2. The maximum atomic E-state index is 12.7. The SMILES string of the molecule is CCC(=O)Nc1cc(C(C)C)cc(C(F)(F)F)c1. The van der Waals surface area contributed by atoms with Gasteiger partial charge in [-0.15, -0.1) is 0 Å². The third-order valence-electron chi connectivity index (χ3n) is 2.55. The van der Waals surface area contributed by atoms with Gasteiger partial charge in [0.05, 0.1) is 5.56 Å². The average molecular weight is 259 g/mol. The summed E-state index contributed by atoms with van der Waals surface area (Å²) in [6.07, 6.45) is -4.18. The Kier molecular flexibility index (Phi) is 4.38. The topological polar surface area (TPSA) is 29.1 Å². The van der Waals surface area contributed by atoms with Gasteiger partial charge < -0.3 is 5.32 Å². The number of carbonyl (C=O) groups excluding carboxylic acids is 1. The fourth-order valence-corrected chi connectivity index (χ4v) is 1.47. The minimum absolute atomic E-state index is 0.0374. The molecule has 1 N–H and O–H groups in total. The van der Waals surface area contributed by atoms with E-state index in [9.17, 15) is 18.0 Å². The molecule has 18 heavy (non-hydrogen) atoms. The lowest BCUT2D eigenvalue weighted by molar-refractivity contribution is -0.137. The highest BCUT2D eigenvalue weighted by atomic mass is 19.4. The fourth-order valence-electron chi connectivity index (χ4n) is 1.47. The van der Waals surface area contributed by atoms with Crippen LogP contribution in [-0.2, 0) is 11.0 Å². The predicted octanol–water partition coefficient (Wildman–Crippen LogP) is 4.18. The maximum Gasteiger partial charge on any atom is 0.416 e. The molecular weight excluding hydrogens is 243 g/mol. The van der Waals surface area contributed by atoms with E-state index < -0.39 is 11.7 Å². The van der Waals surface area contributed by atoms with Crippen LogP contribution in [0.15, 0.2) is 18.2 Å². The Labute approximate surface area is 104 Å². The Balaban J connectivity index is 3.18. The van der Waals surface area contributed by atoms with Gasteiger partial charge in [0.25, 0.3) is 0 Å². The minimum atomic E-state index is -4.41. The van der Waals surface area contributed by atoms with Crippen molar-refractivity contribution in [3.63, 3.8) is 0 Å². The molecule has 0 saturated heterocycles. The van der Waals surface area contributed by atoms with E-state index in [2.05, 4.69) is 5.32 Å². The monoisotopic (exact) mass is 259 g/mol. The molecule has 0 aromatic heterocycles. The smallest absolute Gasteiger partial charge is 0.326 e. The van der Waals surface area contributed by atoms with Crippen molar-refractivity contribution in [2.75, 3.05) is 5.32 Å². The molecule has 1 amide bonds. The average Bonchev–Trinajstić information content (AvgIpc) is 2.27. The van der Waals surface area contributed by atoms with Crippen LogP contribution in [0.5, 0.6) is 0 Å². The van der Waals surface area contributed by atoms with Crippen molar-refractivity contribution in [3.8, 4) is 0 Å². The van der Waals surface area contributed by atoms with Gasteiger partial charge in [-0.25, -0.2) is 0 Å². The number of hydrogen-bond donors (Lipinski definition) is 1. The number of amides is 1. The van der Waals surface area contributed by atoms with Crippen molar-refractivity contribution >= 4 is 11.6 Å². The number of alkyl halides is 3. The molecule has 0 atom stereocenters. The zero-order chi connectivity index (χ0) is 13.9. The summed E-state index contributed by atoms with van der Waals surface area (Å²) in [4.78, 5) is 11.2. The summed E-state index contributed by atoms with van der Waals surface area (Å²) in [5.41, 5.74) is 0.0108. The first-order valence-corrected chi connectivity index (χ1v) is 5.76. The molecule has 0 saturated carbocycles. The van der Waals surface area contributed by atoms with Crippen LogP contribution in [0.4, 0.5) is 18.9 Å². The summed E-state index contributed by atoms with van der Waals surface area (Å²) >= 11 is 0. The molecule has 2 nitrogen and oxygen atoms in total. The third-order valence-corrected chi connectivity index (χ3v) is 2.55. The highest BCUT2D eigenvalue weighted by Crippen LogP contribution is 2.33. The molecule has 0 heterocycles. The van der Waals surface area contributed by atoms with Gasteiger partial charge in [-0.2, -0.15) is 13.2 Å². The molecule has 0 fully saturated rings. The zero-order valence-electron chi connectivity index (χ0n) is 10.6. The van der Waals surface area contributed by atoms with E-state index in [1.165, 1.54) is 0 Å². The Morgan fingerprint density at radius 3 is 2.33 bits per heavy atom. The number of anilines is 1. The largest absolute Gasteiger partial charge is 0.416 e. The molecule has 0 aliphatic carbocycles. The standard InChI is InChI=1S/C13H16F3NO/c1-4-12(18)17-11-6-9(8(2)3)5-10(7-11)13(14,15)16/h5-8H,4H2,1-3H3,(H,17,18). The van der Waals surface area contributed by atoms with E-state index >= 15 is 0 Å². The van der Waals surface area contributed by atoms with E-state index in [0.717, 1.165) is 12.1 Å². The van der Waals surface area contributed by atoms with Crippen molar-refractivity contribution in [1.82, 2.24) is 0 Å². The number of halogens is 3. The second-order valence-electron chi connectivity index (χ2n) is 4.40. The predicted molar refractivity (Wildman–Crippen MR) is 64.5 cm³/mol. The molecule has 0 bridgehead atoms. The summed E-state index contributed by atoms with van der Waals surface area (Å²) in [5, 5.41) is 2.46. The Hall–Kier alpha value is -1.52. The Morgan fingerprint density at radius 2 is 1.89 bits per heavy atom. The first kappa shape index (κ1) is 14.5. The van der Waals surface area contributed by atoms with Crippen LogP contribution in [-0.4, -0.2) is 5.91 Å². The second-order valence-corrected chi connectivity index (χ2v) is 4.40. The van der Waals surface area contributed by atoms with Crippen molar-refractivity contribution in [2.24, 2.45) is 0 Å². The van der Waals surface area contributed by atoms with E-state index in [0.29, 0.717) is 5.56 Å². The number of nitrogens with one attached hydrogen (secondary N) is 1. The van der Waals surface area contributed by atoms with Crippen molar-refractivity contribution in [2.45, 2.75) is 39.3 Å². The second kappa shape index (κ2) is 5.42. The van der Waals surface area contributed by atoms with E-state index in [1.54, 1.807) is 26.8 Å². The summed E-state index contributed by atoms with van der Waals surface area (Å²) in [7, 11) is 0. The third kappa shape index (κ3) is 3.75. The molecule has 5 heteroatoms. The Bertz CT molecular complexity index is 438. The molecule has 0 unspecified atom stereocenters. The van der Waals surface area contributed by atoms with E-state index in [1.807, 2.05) is 0 Å². The Morgan fingerprint density at radius 1 is 1.28 bits per heavy atom. The van der Waals surface area contributed by atoms with Crippen LogP contribution >= 0.6 is 0 Å². The molecule has 1 aromatic rings. The number of hydrogen-bond acceptors (Lipinski definition) is 1.